The molecule has 0 saturated heterocycles. The summed E-state index contributed by atoms with van der Waals surface area (Å²) in [5, 5.41) is 13.5. The van der Waals surface area contributed by atoms with Gasteiger partial charge in [-0.15, -0.1) is 0 Å². The Bertz CT molecular complexity index is 1120. The van der Waals surface area contributed by atoms with Crippen LogP contribution in [0.4, 0.5) is 0 Å². The highest BCUT2D eigenvalue weighted by Gasteiger charge is 2.38. The van der Waals surface area contributed by atoms with Crippen LogP contribution in [0.1, 0.15) is 60.5 Å². The van der Waals surface area contributed by atoms with E-state index in [4.69, 9.17) is 0 Å². The van der Waals surface area contributed by atoms with E-state index >= 15 is 0 Å². The molecule has 0 saturated carbocycles. The minimum atomic E-state index is -1.01. The molecule has 1 aromatic carbocycles. The topological polar surface area (TPSA) is 91.6 Å². The summed E-state index contributed by atoms with van der Waals surface area (Å²) < 4.78 is 2.07. The molecule has 1 aromatic heterocycles. The molecule has 0 unspecified atom stereocenters. The van der Waals surface area contributed by atoms with Gasteiger partial charge in [-0.25, -0.2) is 4.79 Å². The maximum Gasteiger partial charge on any atom is 0.331 e. The Hall–Kier alpha value is -3.09. The van der Waals surface area contributed by atoms with Crippen LogP contribution in [0.2, 0.25) is 0 Å². The van der Waals surface area contributed by atoms with E-state index < -0.39 is 23.5 Å². The highest BCUT2D eigenvalue weighted by molar-refractivity contribution is 5.91. The number of fused-ring (bicyclic) bond motifs is 1. The fourth-order valence-electron chi connectivity index (χ4n) is 4.61. The van der Waals surface area contributed by atoms with Crippen molar-refractivity contribution in [2.45, 2.75) is 73.4 Å². The second kappa shape index (κ2) is 11.8. The number of likely N-dealkylation sites (N-methyl/N-ethyl adjacent to an activating group) is 1. The van der Waals surface area contributed by atoms with E-state index in [1.165, 1.54) is 6.92 Å². The molecule has 0 bridgehead atoms. The zero-order chi connectivity index (χ0) is 27.4. The van der Waals surface area contributed by atoms with E-state index in [1.54, 1.807) is 18.0 Å². The molecule has 0 fully saturated rings. The van der Waals surface area contributed by atoms with Gasteiger partial charge in [-0.1, -0.05) is 65.8 Å². The van der Waals surface area contributed by atoms with Crippen molar-refractivity contribution in [3.05, 3.63) is 47.7 Å². The number of carboxylic acids is 1. The molecule has 0 aliphatic rings. The second-order valence-corrected chi connectivity index (χ2v) is 11.2. The Balaban J connectivity index is 2.30. The maximum atomic E-state index is 13.7. The highest BCUT2D eigenvalue weighted by atomic mass is 16.4. The van der Waals surface area contributed by atoms with Crippen molar-refractivity contribution < 1.29 is 19.5 Å². The third kappa shape index (κ3) is 6.77. The van der Waals surface area contributed by atoms with Crippen LogP contribution in [0.3, 0.4) is 0 Å². The number of carbonyl (C=O) groups is 3. The maximum absolute atomic E-state index is 13.7. The first kappa shape index (κ1) is 29.1. The molecule has 0 spiro atoms. The van der Waals surface area contributed by atoms with Gasteiger partial charge in [0.05, 0.1) is 6.04 Å². The molecular formula is C29H43N3O4. The number of nitrogens with zero attached hydrogens (tertiary/aromatic N) is 2. The Morgan fingerprint density at radius 3 is 2.31 bits per heavy atom. The van der Waals surface area contributed by atoms with Crippen molar-refractivity contribution in [1.82, 2.24) is 14.8 Å². The minimum Gasteiger partial charge on any atom is -0.478 e. The molecule has 7 nitrogen and oxygen atoms in total. The number of hydrogen-bond donors (Lipinski definition) is 2. The Labute approximate surface area is 215 Å². The molecule has 0 radical (unpaired) electrons. The Kier molecular flexibility index (Phi) is 9.52. The number of aliphatic carboxylic acids is 1. The zero-order valence-corrected chi connectivity index (χ0v) is 23.3. The number of rotatable bonds is 10. The SMILES string of the molecule is CC[C@@H](Cc1cn(C)c2ccccc12)C(=O)N[C@H](C(=O)N(C)[C@H](/C=C(\C)C(=O)O)C(C)C)C(C)(C)C. The summed E-state index contributed by atoms with van der Waals surface area (Å²) in [6.45, 7) is 13.2. The number of nitrogens with one attached hydrogen (secondary N) is 1. The van der Waals surface area contributed by atoms with Gasteiger partial charge < -0.3 is 19.9 Å². The average molecular weight is 498 g/mol. The number of carbonyl (C=O) groups excluding carboxylic acids is 2. The number of para-hydroxylation sites is 1. The van der Waals surface area contributed by atoms with Crippen LogP contribution in [0, 0.1) is 17.3 Å². The molecule has 198 valence electrons. The zero-order valence-electron chi connectivity index (χ0n) is 23.3. The summed E-state index contributed by atoms with van der Waals surface area (Å²) in [6, 6.07) is 6.98. The van der Waals surface area contributed by atoms with Gasteiger partial charge in [-0.05, 0) is 42.7 Å². The summed E-state index contributed by atoms with van der Waals surface area (Å²) in [4.78, 5) is 40.2. The monoisotopic (exact) mass is 497 g/mol. The lowest BCUT2D eigenvalue weighted by molar-refractivity contribution is -0.141. The molecule has 7 heteroatoms. The molecule has 2 rings (SSSR count). The van der Waals surface area contributed by atoms with Gasteiger partial charge in [0.1, 0.15) is 6.04 Å². The Morgan fingerprint density at radius 2 is 1.78 bits per heavy atom. The van der Waals surface area contributed by atoms with Crippen LogP contribution < -0.4 is 5.32 Å². The highest BCUT2D eigenvalue weighted by Crippen LogP contribution is 2.27. The predicted octanol–water partition coefficient (Wildman–Crippen LogP) is 4.79. The van der Waals surface area contributed by atoms with E-state index in [2.05, 4.69) is 28.2 Å². The van der Waals surface area contributed by atoms with Crippen LogP contribution in [0.25, 0.3) is 10.9 Å². The van der Waals surface area contributed by atoms with E-state index in [0.717, 1.165) is 16.5 Å². The Morgan fingerprint density at radius 1 is 1.17 bits per heavy atom. The lowest BCUT2D eigenvalue weighted by atomic mass is 9.84. The summed E-state index contributed by atoms with van der Waals surface area (Å²) in [5.41, 5.74) is 1.88. The third-order valence-corrected chi connectivity index (χ3v) is 6.94. The van der Waals surface area contributed by atoms with Gasteiger partial charge in [-0.3, -0.25) is 9.59 Å². The number of aromatic nitrogens is 1. The van der Waals surface area contributed by atoms with Gasteiger partial charge in [0.2, 0.25) is 11.8 Å². The second-order valence-electron chi connectivity index (χ2n) is 11.2. The van der Waals surface area contributed by atoms with Crippen molar-refractivity contribution in [2.24, 2.45) is 24.3 Å². The van der Waals surface area contributed by atoms with E-state index in [9.17, 15) is 19.5 Å². The van der Waals surface area contributed by atoms with E-state index in [-0.39, 0.29) is 29.2 Å². The number of carboxylic acid groups (broad SMARTS) is 1. The first-order valence-corrected chi connectivity index (χ1v) is 12.7. The van der Waals surface area contributed by atoms with Gasteiger partial charge >= 0.3 is 5.97 Å². The standard InChI is InChI=1S/C29H43N3O4/c1-10-20(16-21-17-31(8)23-14-12-11-13-22(21)23)26(33)30-25(29(5,6)7)27(34)32(9)24(18(2)3)15-19(4)28(35)36/h11-15,17-18,20,24-25H,10,16H2,1-9H3,(H,30,33)(H,35,36)/b19-15+/t20-,24+,25+/m0/s1. The summed E-state index contributed by atoms with van der Waals surface area (Å²) in [6.07, 6.45) is 4.91. The fraction of sp³-hybridized carbons (Fsp3) is 0.552. The smallest absolute Gasteiger partial charge is 0.331 e. The first-order chi connectivity index (χ1) is 16.7. The predicted molar refractivity (Wildman–Crippen MR) is 145 cm³/mol. The summed E-state index contributed by atoms with van der Waals surface area (Å²) in [7, 11) is 3.68. The third-order valence-electron chi connectivity index (χ3n) is 6.94. The number of aryl methyl sites for hydroxylation is 1. The van der Waals surface area contributed by atoms with Crippen molar-refractivity contribution in [2.75, 3.05) is 7.05 Å². The van der Waals surface area contributed by atoms with Crippen LogP contribution in [0.5, 0.6) is 0 Å². The van der Waals surface area contributed by atoms with Gasteiger partial charge in [0.15, 0.2) is 0 Å². The quantitative estimate of drug-likeness (QED) is 0.462. The van der Waals surface area contributed by atoms with Crippen molar-refractivity contribution in [3.63, 3.8) is 0 Å². The summed E-state index contributed by atoms with van der Waals surface area (Å²) in [5.74, 6) is -1.68. The molecule has 2 amide bonds. The van der Waals surface area contributed by atoms with Gasteiger partial charge in [0, 0.05) is 42.7 Å². The molecule has 36 heavy (non-hydrogen) atoms. The number of benzene rings is 1. The molecule has 0 aliphatic carbocycles. The van der Waals surface area contributed by atoms with Gasteiger partial charge in [0.25, 0.3) is 0 Å². The first-order valence-electron chi connectivity index (χ1n) is 12.7. The van der Waals surface area contributed by atoms with Crippen molar-refractivity contribution in [1.29, 1.82) is 0 Å². The van der Waals surface area contributed by atoms with Crippen molar-refractivity contribution in [3.8, 4) is 0 Å². The number of amides is 2. The van der Waals surface area contributed by atoms with Crippen molar-refractivity contribution >= 4 is 28.7 Å². The van der Waals surface area contributed by atoms with Crippen LogP contribution in [0.15, 0.2) is 42.1 Å². The van der Waals surface area contributed by atoms with Crippen LogP contribution >= 0.6 is 0 Å². The molecular weight excluding hydrogens is 454 g/mol. The summed E-state index contributed by atoms with van der Waals surface area (Å²) >= 11 is 0. The lowest BCUT2D eigenvalue weighted by Crippen LogP contribution is -2.57. The largest absolute Gasteiger partial charge is 0.478 e. The van der Waals surface area contributed by atoms with E-state index in [0.29, 0.717) is 12.8 Å². The molecule has 3 atom stereocenters. The molecule has 1 heterocycles. The van der Waals surface area contributed by atoms with Crippen LogP contribution in [-0.2, 0) is 27.9 Å². The molecule has 2 N–H and O–H groups in total. The van der Waals surface area contributed by atoms with Gasteiger partial charge in [-0.2, -0.15) is 0 Å². The fourth-order valence-corrected chi connectivity index (χ4v) is 4.61. The van der Waals surface area contributed by atoms with E-state index in [1.807, 2.05) is 60.7 Å². The molecule has 0 aliphatic heterocycles. The number of hydrogen-bond acceptors (Lipinski definition) is 3. The normalized spacial score (nSPS) is 15.0. The lowest BCUT2D eigenvalue weighted by Gasteiger charge is -2.38. The molecule has 2 aromatic rings. The van der Waals surface area contributed by atoms with Crippen LogP contribution in [-0.4, -0.2) is 51.5 Å². The minimum absolute atomic E-state index is 0.000628. The average Bonchev–Trinajstić information content (AvgIpc) is 3.12.